The van der Waals surface area contributed by atoms with Crippen LogP contribution in [0.5, 0.6) is 23.0 Å². The van der Waals surface area contributed by atoms with Crippen LogP contribution < -0.4 is 9.47 Å². The molecule has 0 N–H and O–H groups in total. The van der Waals surface area contributed by atoms with E-state index in [4.69, 9.17) is 13.9 Å². The van der Waals surface area contributed by atoms with Crippen molar-refractivity contribution < 1.29 is 13.9 Å². The van der Waals surface area contributed by atoms with Gasteiger partial charge in [0.1, 0.15) is 34.2 Å². The van der Waals surface area contributed by atoms with Crippen molar-refractivity contribution >= 4 is 37.9 Å². The zero-order valence-corrected chi connectivity index (χ0v) is 23.0. The first-order chi connectivity index (χ1) is 19.7. The van der Waals surface area contributed by atoms with E-state index in [1.165, 1.54) is 0 Å². The molecule has 3 nitrogen and oxygen atoms in total. The largest absolute Gasteiger partial charge is 0.457 e. The van der Waals surface area contributed by atoms with Crippen LogP contribution in [0.15, 0.2) is 148 Å². The number of hydrogen-bond acceptors (Lipinski definition) is 3. The molecule has 1 heterocycles. The van der Waals surface area contributed by atoms with Gasteiger partial charge >= 0.3 is 0 Å². The van der Waals surface area contributed by atoms with Gasteiger partial charge in [-0.3, -0.25) is 0 Å². The molecule has 7 rings (SSSR count). The van der Waals surface area contributed by atoms with E-state index in [1.54, 1.807) is 0 Å². The Hall–Kier alpha value is -4.80. The summed E-state index contributed by atoms with van der Waals surface area (Å²) in [5.74, 6) is 2.79. The molecule has 0 spiro atoms. The number of rotatable bonds is 6. The van der Waals surface area contributed by atoms with Gasteiger partial charge in [-0.15, -0.1) is 0 Å². The molecule has 0 unspecified atom stereocenters. The average molecular weight is 583 g/mol. The lowest BCUT2D eigenvalue weighted by molar-refractivity contribution is 0.462. The van der Waals surface area contributed by atoms with Crippen molar-refractivity contribution in [2.45, 2.75) is 0 Å². The van der Waals surface area contributed by atoms with Crippen molar-refractivity contribution in [1.29, 1.82) is 0 Å². The van der Waals surface area contributed by atoms with Gasteiger partial charge in [-0.25, -0.2) is 0 Å². The minimum Gasteiger partial charge on any atom is -0.457 e. The summed E-state index contributed by atoms with van der Waals surface area (Å²) in [6, 6.07) is 46.5. The fourth-order valence-corrected chi connectivity index (χ4v) is 5.47. The van der Waals surface area contributed by atoms with Gasteiger partial charge in [0, 0.05) is 21.5 Å². The summed E-state index contributed by atoms with van der Waals surface area (Å²) in [7, 11) is 0. The Kier molecular flexibility index (Phi) is 6.31. The minimum absolute atomic E-state index is 0.655. The number of hydrogen-bond donors (Lipinski definition) is 0. The Morgan fingerprint density at radius 3 is 1.98 bits per heavy atom. The lowest BCUT2D eigenvalue weighted by atomic mass is 10.0. The molecule has 0 saturated heterocycles. The Morgan fingerprint density at radius 2 is 1.18 bits per heavy atom. The molecule has 0 fully saturated rings. The molecular weight excluding hydrogens is 560 g/mol. The lowest BCUT2D eigenvalue weighted by Crippen LogP contribution is -1.90. The number of furan rings is 1. The van der Waals surface area contributed by atoms with Gasteiger partial charge in [0.2, 0.25) is 0 Å². The molecule has 0 atom stereocenters. The fourth-order valence-electron chi connectivity index (χ4n) is 5.02. The zero-order valence-electron chi connectivity index (χ0n) is 21.4. The van der Waals surface area contributed by atoms with Crippen LogP contribution in [-0.2, 0) is 0 Å². The highest BCUT2D eigenvalue weighted by molar-refractivity contribution is 9.10. The predicted molar refractivity (Wildman–Crippen MR) is 165 cm³/mol. The van der Waals surface area contributed by atoms with E-state index in [1.807, 2.05) is 97.1 Å². The van der Waals surface area contributed by atoms with Crippen LogP contribution >= 0.6 is 15.9 Å². The standard InChI is InChI=1S/C36H23BrO3/c37-27-21-29(38-28-15-9-14-26(20-28)24-10-3-1-4-11-24)23-30(22-27)39-34-19-18-31(25-12-5-2-6-13-25)36-35(34)32-16-7-8-17-33(32)40-36/h1-23H. The molecule has 1 aromatic heterocycles. The number of ether oxygens (including phenoxy) is 2. The van der Waals surface area contributed by atoms with Gasteiger partial charge in [-0.2, -0.15) is 0 Å². The summed E-state index contributed by atoms with van der Waals surface area (Å²) < 4.78 is 20.1. The van der Waals surface area contributed by atoms with Crippen LogP contribution in [0.4, 0.5) is 0 Å². The second kappa shape index (κ2) is 10.4. The number of benzene rings is 6. The molecule has 40 heavy (non-hydrogen) atoms. The molecule has 0 bridgehead atoms. The Labute approximate surface area is 240 Å². The van der Waals surface area contributed by atoms with Crippen molar-refractivity contribution in [3.05, 3.63) is 144 Å². The van der Waals surface area contributed by atoms with E-state index in [2.05, 4.69) is 58.4 Å². The summed E-state index contributed by atoms with van der Waals surface area (Å²) in [5, 5.41) is 1.95. The second-order valence-electron chi connectivity index (χ2n) is 9.50. The summed E-state index contributed by atoms with van der Waals surface area (Å²) >= 11 is 3.64. The molecular formula is C36H23BrO3. The smallest absolute Gasteiger partial charge is 0.147 e. The van der Waals surface area contributed by atoms with Gasteiger partial charge in [0.25, 0.3) is 0 Å². The first-order valence-electron chi connectivity index (χ1n) is 13.0. The van der Waals surface area contributed by atoms with E-state index < -0.39 is 0 Å². The number of para-hydroxylation sites is 1. The van der Waals surface area contributed by atoms with Crippen molar-refractivity contribution in [3.8, 4) is 45.3 Å². The SMILES string of the molecule is Brc1cc(Oc2cccc(-c3ccccc3)c2)cc(Oc2ccc(-c3ccccc3)c3oc4ccccc4c23)c1. The third-order valence-corrected chi connectivity index (χ3v) is 7.28. The second-order valence-corrected chi connectivity index (χ2v) is 10.4. The lowest BCUT2D eigenvalue weighted by Gasteiger charge is -2.13. The van der Waals surface area contributed by atoms with Gasteiger partial charge in [0.15, 0.2) is 0 Å². The maximum Gasteiger partial charge on any atom is 0.147 e. The first kappa shape index (κ1) is 24.3. The van der Waals surface area contributed by atoms with Crippen molar-refractivity contribution in [2.75, 3.05) is 0 Å². The van der Waals surface area contributed by atoms with Crippen LogP contribution in [-0.4, -0.2) is 0 Å². The highest BCUT2D eigenvalue weighted by Gasteiger charge is 2.18. The minimum atomic E-state index is 0.655. The average Bonchev–Trinajstić information content (AvgIpc) is 3.38. The van der Waals surface area contributed by atoms with E-state index in [0.29, 0.717) is 11.5 Å². The van der Waals surface area contributed by atoms with Gasteiger partial charge in [0.05, 0.1) is 5.39 Å². The molecule has 192 valence electrons. The van der Waals surface area contributed by atoms with Crippen LogP contribution in [0.1, 0.15) is 0 Å². The van der Waals surface area contributed by atoms with Crippen LogP contribution in [0, 0.1) is 0 Å². The summed E-state index contributed by atoms with van der Waals surface area (Å²) in [6.45, 7) is 0. The number of halogens is 1. The van der Waals surface area contributed by atoms with Crippen LogP contribution in [0.25, 0.3) is 44.2 Å². The Balaban J connectivity index is 1.26. The Morgan fingerprint density at radius 1 is 0.500 bits per heavy atom. The van der Waals surface area contributed by atoms with Crippen LogP contribution in [0.2, 0.25) is 0 Å². The molecule has 7 aromatic rings. The van der Waals surface area contributed by atoms with Gasteiger partial charge < -0.3 is 13.9 Å². The molecule has 0 amide bonds. The summed E-state index contributed by atoms with van der Waals surface area (Å²) in [4.78, 5) is 0. The monoisotopic (exact) mass is 582 g/mol. The normalized spacial score (nSPS) is 11.1. The third-order valence-electron chi connectivity index (χ3n) is 6.82. The third kappa shape index (κ3) is 4.74. The Bertz CT molecular complexity index is 1960. The first-order valence-corrected chi connectivity index (χ1v) is 13.8. The van der Waals surface area contributed by atoms with E-state index in [-0.39, 0.29) is 0 Å². The molecule has 4 heteroatoms. The summed E-state index contributed by atoms with van der Waals surface area (Å²) in [6.07, 6.45) is 0. The molecule has 0 saturated carbocycles. The van der Waals surface area contributed by atoms with Gasteiger partial charge in [-0.1, -0.05) is 107 Å². The van der Waals surface area contributed by atoms with Crippen molar-refractivity contribution in [3.63, 3.8) is 0 Å². The maximum absolute atomic E-state index is 6.53. The van der Waals surface area contributed by atoms with E-state index >= 15 is 0 Å². The van der Waals surface area contributed by atoms with E-state index in [9.17, 15) is 0 Å². The van der Waals surface area contributed by atoms with Crippen molar-refractivity contribution in [1.82, 2.24) is 0 Å². The molecule has 0 aliphatic heterocycles. The highest BCUT2D eigenvalue weighted by atomic mass is 79.9. The quantitative estimate of drug-likeness (QED) is 0.195. The van der Waals surface area contributed by atoms with Crippen LogP contribution in [0.3, 0.4) is 0 Å². The van der Waals surface area contributed by atoms with E-state index in [0.717, 1.165) is 60.2 Å². The molecule has 0 radical (unpaired) electrons. The predicted octanol–water partition coefficient (Wildman–Crippen LogP) is 11.3. The number of fused-ring (bicyclic) bond motifs is 3. The molecule has 0 aliphatic rings. The highest BCUT2D eigenvalue weighted by Crippen LogP contribution is 2.43. The van der Waals surface area contributed by atoms with Crippen molar-refractivity contribution in [2.24, 2.45) is 0 Å². The topological polar surface area (TPSA) is 31.6 Å². The molecule has 6 aromatic carbocycles. The maximum atomic E-state index is 6.53. The summed E-state index contributed by atoms with van der Waals surface area (Å²) in [5.41, 5.74) is 5.97. The fraction of sp³-hybridized carbons (Fsp3) is 0. The van der Waals surface area contributed by atoms with Gasteiger partial charge in [-0.05, 0) is 59.2 Å². The molecule has 0 aliphatic carbocycles. The zero-order chi connectivity index (χ0) is 26.9.